The van der Waals surface area contributed by atoms with E-state index in [0.717, 1.165) is 24.2 Å². The molecule has 210 valence electrons. The fourth-order valence-corrected chi connectivity index (χ4v) is 7.91. The number of nitrogens with one attached hydrogen (secondary N) is 1. The lowest BCUT2D eigenvalue weighted by Gasteiger charge is -2.33. The number of aryl methyl sites for hydroxylation is 2. The minimum Gasteiger partial charge on any atom is -0.352 e. The second-order valence-corrected chi connectivity index (χ2v) is 12.9. The van der Waals surface area contributed by atoms with Crippen LogP contribution < -0.4 is 15.8 Å². The van der Waals surface area contributed by atoms with Crippen LogP contribution in [0.25, 0.3) is 10.2 Å². The number of thiophene rings is 1. The average molecular weight is 582 g/mol. The average Bonchev–Trinajstić information content (AvgIpc) is 3.32. The Morgan fingerprint density at radius 1 is 1.05 bits per heavy atom. The van der Waals surface area contributed by atoms with Crippen molar-refractivity contribution in [3.05, 3.63) is 75.9 Å². The van der Waals surface area contributed by atoms with Crippen molar-refractivity contribution in [3.8, 4) is 0 Å². The third-order valence-corrected chi connectivity index (χ3v) is 10.1. The number of carbonyl (C=O) groups excluding carboxylic acids is 1. The van der Waals surface area contributed by atoms with E-state index in [1.165, 1.54) is 20.8 Å². The molecule has 1 fully saturated rings. The van der Waals surface area contributed by atoms with E-state index in [0.29, 0.717) is 28.7 Å². The van der Waals surface area contributed by atoms with Gasteiger partial charge in [-0.2, -0.15) is 4.31 Å². The van der Waals surface area contributed by atoms with Gasteiger partial charge in [0.15, 0.2) is 0 Å². The van der Waals surface area contributed by atoms with E-state index in [1.54, 1.807) is 25.4 Å². The molecule has 4 heterocycles. The largest absolute Gasteiger partial charge is 0.352 e. The summed E-state index contributed by atoms with van der Waals surface area (Å²) in [5.74, 6) is 0.218. The first-order chi connectivity index (χ1) is 19.2. The van der Waals surface area contributed by atoms with Crippen LogP contribution in [0.2, 0.25) is 0 Å². The number of amides is 1. The van der Waals surface area contributed by atoms with Crippen LogP contribution in [0.4, 0.5) is 5.95 Å². The number of anilines is 1. The molecule has 1 aliphatic rings. The Balaban J connectivity index is 1.31. The molecule has 1 aromatic carbocycles. The summed E-state index contributed by atoms with van der Waals surface area (Å²) in [7, 11) is -3.98. The maximum absolute atomic E-state index is 13.8. The highest BCUT2D eigenvalue weighted by Crippen LogP contribution is 2.33. The van der Waals surface area contributed by atoms with Gasteiger partial charge in [0, 0.05) is 49.5 Å². The molecule has 3 aromatic heterocycles. The smallest absolute Gasteiger partial charge is 0.263 e. The molecule has 1 aliphatic heterocycles. The number of aromatic nitrogens is 4. The summed E-state index contributed by atoms with van der Waals surface area (Å²) in [6.45, 7) is 4.66. The number of carbonyl (C=O) groups is 1. The topological polar surface area (TPSA) is 130 Å². The maximum atomic E-state index is 13.8. The van der Waals surface area contributed by atoms with Gasteiger partial charge in [-0.15, -0.1) is 11.3 Å². The zero-order valence-corrected chi connectivity index (χ0v) is 24.0. The number of nitrogens with zero attached hydrogens (tertiary/aromatic N) is 6. The molecule has 0 saturated carbocycles. The highest BCUT2D eigenvalue weighted by atomic mass is 32.2. The van der Waals surface area contributed by atoms with Crippen LogP contribution in [0.3, 0.4) is 0 Å². The number of sulfonamides is 1. The van der Waals surface area contributed by atoms with E-state index in [1.807, 2.05) is 42.2 Å². The number of benzene rings is 1. The van der Waals surface area contributed by atoms with Crippen LogP contribution >= 0.6 is 11.3 Å². The van der Waals surface area contributed by atoms with Crippen molar-refractivity contribution < 1.29 is 13.2 Å². The number of hydrogen-bond acceptors (Lipinski definition) is 9. The van der Waals surface area contributed by atoms with Gasteiger partial charge in [0.25, 0.3) is 5.56 Å². The molecule has 1 atom stereocenters. The predicted octanol–water partition coefficient (Wildman–Crippen LogP) is 2.20. The molecule has 5 rings (SSSR count). The van der Waals surface area contributed by atoms with Crippen LogP contribution in [0.1, 0.15) is 23.8 Å². The summed E-state index contributed by atoms with van der Waals surface area (Å²) >= 11 is 1.16. The van der Waals surface area contributed by atoms with Crippen LogP contribution in [-0.2, 0) is 27.8 Å². The molecule has 0 aliphatic carbocycles. The first-order valence-corrected chi connectivity index (χ1v) is 15.3. The SMILES string of the molecule is Cc1sc2ncn(CC(=O)NC(C)CCc3ccccc3)c(=O)c2c1S(=O)(=O)N1CCN(c2ncccn2)CC1. The lowest BCUT2D eigenvalue weighted by atomic mass is 10.1. The predicted molar refractivity (Wildman–Crippen MR) is 154 cm³/mol. The number of fused-ring (bicyclic) bond motifs is 1. The fourth-order valence-electron chi connectivity index (χ4n) is 4.82. The molecule has 13 heteroatoms. The quantitative estimate of drug-likeness (QED) is 0.318. The summed E-state index contributed by atoms with van der Waals surface area (Å²) in [6.07, 6.45) is 6.17. The van der Waals surface area contributed by atoms with Gasteiger partial charge in [-0.3, -0.25) is 14.2 Å². The molecule has 40 heavy (non-hydrogen) atoms. The normalized spacial score (nSPS) is 15.3. The number of piperazine rings is 1. The Morgan fingerprint density at radius 3 is 2.45 bits per heavy atom. The lowest BCUT2D eigenvalue weighted by molar-refractivity contribution is -0.122. The van der Waals surface area contributed by atoms with Gasteiger partial charge in [0.1, 0.15) is 16.3 Å². The standard InChI is InChI=1S/C27H31N7O4S2/c1-19(9-10-21-7-4-3-5-8-21)31-22(35)17-33-18-30-25-23(26(33)36)24(20(2)39-25)40(37,38)34-15-13-32(14-16-34)27-28-11-6-12-29-27/h3-8,11-12,18-19H,9-10,13-17H2,1-2H3,(H,31,35). The van der Waals surface area contributed by atoms with Crippen molar-refractivity contribution in [1.29, 1.82) is 0 Å². The van der Waals surface area contributed by atoms with Crippen LogP contribution in [0.5, 0.6) is 0 Å². The Morgan fingerprint density at radius 2 is 1.75 bits per heavy atom. The van der Waals surface area contributed by atoms with Crippen LogP contribution in [0, 0.1) is 6.92 Å². The van der Waals surface area contributed by atoms with Gasteiger partial charge < -0.3 is 10.2 Å². The number of rotatable bonds is 9. The molecule has 1 amide bonds. The summed E-state index contributed by atoms with van der Waals surface area (Å²) in [5, 5.41) is 2.96. The van der Waals surface area contributed by atoms with E-state index in [9.17, 15) is 18.0 Å². The minimum atomic E-state index is -3.98. The minimum absolute atomic E-state index is 0.0274. The molecule has 1 saturated heterocycles. The second kappa shape index (κ2) is 11.8. The van der Waals surface area contributed by atoms with Gasteiger partial charge in [-0.05, 0) is 38.3 Å². The van der Waals surface area contributed by atoms with E-state index < -0.39 is 15.6 Å². The third-order valence-electron chi connectivity index (χ3n) is 6.90. The first-order valence-electron chi connectivity index (χ1n) is 13.1. The zero-order chi connectivity index (χ0) is 28.3. The van der Waals surface area contributed by atoms with Crippen molar-refractivity contribution in [2.24, 2.45) is 0 Å². The van der Waals surface area contributed by atoms with Crippen LogP contribution in [0.15, 0.2) is 64.8 Å². The molecule has 0 bridgehead atoms. The van der Waals surface area contributed by atoms with Crippen molar-refractivity contribution in [2.75, 3.05) is 31.1 Å². The third kappa shape index (κ3) is 5.91. The van der Waals surface area contributed by atoms with Crippen molar-refractivity contribution in [3.63, 3.8) is 0 Å². The molecule has 0 spiro atoms. The molecule has 4 aromatic rings. The monoisotopic (exact) mass is 581 g/mol. The number of hydrogen-bond donors (Lipinski definition) is 1. The Bertz CT molecular complexity index is 1650. The highest BCUT2D eigenvalue weighted by molar-refractivity contribution is 7.89. The highest BCUT2D eigenvalue weighted by Gasteiger charge is 2.34. The Kier molecular flexibility index (Phi) is 8.24. The Labute approximate surface area is 236 Å². The van der Waals surface area contributed by atoms with Crippen molar-refractivity contribution in [2.45, 2.75) is 44.2 Å². The summed E-state index contributed by atoms with van der Waals surface area (Å²) in [6, 6.07) is 11.6. The first kappa shape index (κ1) is 27.9. The van der Waals surface area contributed by atoms with Gasteiger partial charge in [0.2, 0.25) is 21.9 Å². The second-order valence-electron chi connectivity index (χ2n) is 9.78. The molecule has 0 radical (unpaired) electrons. The van der Waals surface area contributed by atoms with E-state index >= 15 is 0 Å². The van der Waals surface area contributed by atoms with Crippen molar-refractivity contribution >= 4 is 43.4 Å². The summed E-state index contributed by atoms with van der Waals surface area (Å²) in [4.78, 5) is 41.8. The summed E-state index contributed by atoms with van der Waals surface area (Å²) in [5.41, 5.74) is 0.641. The molecule has 1 unspecified atom stereocenters. The maximum Gasteiger partial charge on any atom is 0.263 e. The van der Waals surface area contributed by atoms with E-state index in [4.69, 9.17) is 0 Å². The van der Waals surface area contributed by atoms with Crippen LogP contribution in [-0.4, -0.2) is 70.4 Å². The van der Waals surface area contributed by atoms with Gasteiger partial charge in [0.05, 0.1) is 11.7 Å². The lowest BCUT2D eigenvalue weighted by Crippen LogP contribution is -2.49. The molecule has 1 N–H and O–H groups in total. The molecular weight excluding hydrogens is 550 g/mol. The fraction of sp³-hybridized carbons (Fsp3) is 0.370. The molecule has 11 nitrogen and oxygen atoms in total. The Hall–Kier alpha value is -3.68. The van der Waals surface area contributed by atoms with E-state index in [2.05, 4.69) is 20.3 Å². The van der Waals surface area contributed by atoms with Crippen molar-refractivity contribution in [1.82, 2.24) is 29.1 Å². The van der Waals surface area contributed by atoms with Gasteiger partial charge in [-0.25, -0.2) is 23.4 Å². The molecular formula is C27H31N7O4S2. The summed E-state index contributed by atoms with van der Waals surface area (Å²) < 4.78 is 30.1. The van der Waals surface area contributed by atoms with Gasteiger partial charge in [-0.1, -0.05) is 30.3 Å². The van der Waals surface area contributed by atoms with Gasteiger partial charge >= 0.3 is 0 Å². The van der Waals surface area contributed by atoms with E-state index in [-0.39, 0.29) is 41.9 Å². The zero-order valence-electron chi connectivity index (χ0n) is 22.4.